The average molecular weight is 424 g/mol. The SMILES string of the molecule is C=CCN1CCN(C(=O)[C@H]2[C@@H]3C=C[C@@]4(CN(Cc5cccc(OC)c5)C(=O)[C@@H]24)O3)CC1. The van der Waals surface area contributed by atoms with Crippen LogP contribution in [0.3, 0.4) is 0 Å². The molecule has 0 aliphatic carbocycles. The van der Waals surface area contributed by atoms with Gasteiger partial charge in [-0.25, -0.2) is 0 Å². The van der Waals surface area contributed by atoms with Gasteiger partial charge in [0.25, 0.3) is 0 Å². The Hall–Kier alpha value is -2.64. The molecule has 4 atom stereocenters. The second-order valence-electron chi connectivity index (χ2n) is 8.86. The number of amides is 2. The molecule has 4 aliphatic heterocycles. The minimum Gasteiger partial charge on any atom is -0.497 e. The Morgan fingerprint density at radius 2 is 2.13 bits per heavy atom. The Balaban J connectivity index is 1.32. The molecule has 7 heteroatoms. The van der Waals surface area contributed by atoms with Gasteiger partial charge in [0.2, 0.25) is 11.8 Å². The normalized spacial score (nSPS) is 31.9. The van der Waals surface area contributed by atoms with E-state index in [9.17, 15) is 9.59 Å². The fraction of sp³-hybridized carbons (Fsp3) is 0.500. The van der Waals surface area contributed by atoms with Crippen LogP contribution in [-0.2, 0) is 20.9 Å². The van der Waals surface area contributed by atoms with Crippen LogP contribution in [0.1, 0.15) is 5.56 Å². The summed E-state index contributed by atoms with van der Waals surface area (Å²) in [6, 6.07) is 7.74. The summed E-state index contributed by atoms with van der Waals surface area (Å²) in [4.78, 5) is 33.0. The molecule has 4 aliphatic rings. The van der Waals surface area contributed by atoms with E-state index in [-0.39, 0.29) is 17.9 Å². The summed E-state index contributed by atoms with van der Waals surface area (Å²) < 4.78 is 11.6. The number of rotatable bonds is 6. The highest BCUT2D eigenvalue weighted by Gasteiger charge is 2.67. The predicted octanol–water partition coefficient (Wildman–Crippen LogP) is 1.31. The lowest BCUT2D eigenvalue weighted by Crippen LogP contribution is -2.53. The predicted molar refractivity (Wildman–Crippen MR) is 115 cm³/mol. The van der Waals surface area contributed by atoms with E-state index in [4.69, 9.17) is 9.47 Å². The van der Waals surface area contributed by atoms with Crippen molar-refractivity contribution in [1.29, 1.82) is 0 Å². The van der Waals surface area contributed by atoms with Gasteiger partial charge in [-0.15, -0.1) is 6.58 Å². The molecule has 7 nitrogen and oxygen atoms in total. The van der Waals surface area contributed by atoms with Crippen molar-refractivity contribution < 1.29 is 19.1 Å². The molecule has 3 fully saturated rings. The minimum atomic E-state index is -0.675. The summed E-state index contributed by atoms with van der Waals surface area (Å²) in [7, 11) is 1.63. The second kappa shape index (κ2) is 7.80. The maximum Gasteiger partial charge on any atom is 0.230 e. The monoisotopic (exact) mass is 423 g/mol. The van der Waals surface area contributed by atoms with Crippen molar-refractivity contribution >= 4 is 11.8 Å². The minimum absolute atomic E-state index is 0.0123. The lowest BCUT2D eigenvalue weighted by Gasteiger charge is -2.37. The molecule has 31 heavy (non-hydrogen) atoms. The first kappa shape index (κ1) is 20.3. The van der Waals surface area contributed by atoms with E-state index in [1.807, 2.05) is 52.3 Å². The first-order valence-corrected chi connectivity index (χ1v) is 11.0. The van der Waals surface area contributed by atoms with Crippen molar-refractivity contribution in [3.8, 4) is 5.75 Å². The van der Waals surface area contributed by atoms with Crippen molar-refractivity contribution in [2.24, 2.45) is 11.8 Å². The first-order chi connectivity index (χ1) is 15.0. The van der Waals surface area contributed by atoms with Gasteiger partial charge in [0.15, 0.2) is 0 Å². The van der Waals surface area contributed by atoms with Crippen LogP contribution in [-0.4, -0.2) is 84.6 Å². The summed E-state index contributed by atoms with van der Waals surface area (Å²) in [6.07, 6.45) is 5.59. The Labute approximate surface area is 182 Å². The van der Waals surface area contributed by atoms with Gasteiger partial charge in [-0.05, 0) is 17.7 Å². The van der Waals surface area contributed by atoms with Crippen LogP contribution in [0.25, 0.3) is 0 Å². The number of hydrogen-bond donors (Lipinski definition) is 0. The number of carbonyl (C=O) groups excluding carboxylic acids is 2. The van der Waals surface area contributed by atoms with Crippen LogP contribution in [0.4, 0.5) is 0 Å². The van der Waals surface area contributed by atoms with Crippen LogP contribution in [0.15, 0.2) is 49.1 Å². The highest BCUT2D eigenvalue weighted by Crippen LogP contribution is 2.52. The van der Waals surface area contributed by atoms with E-state index in [2.05, 4.69) is 11.5 Å². The van der Waals surface area contributed by atoms with Gasteiger partial charge in [-0.1, -0.05) is 30.4 Å². The van der Waals surface area contributed by atoms with Crippen LogP contribution in [0, 0.1) is 11.8 Å². The van der Waals surface area contributed by atoms with Crippen molar-refractivity contribution in [1.82, 2.24) is 14.7 Å². The van der Waals surface area contributed by atoms with Crippen LogP contribution in [0.5, 0.6) is 5.75 Å². The van der Waals surface area contributed by atoms with E-state index in [1.165, 1.54) is 0 Å². The topological polar surface area (TPSA) is 62.3 Å². The van der Waals surface area contributed by atoms with E-state index >= 15 is 0 Å². The summed E-state index contributed by atoms with van der Waals surface area (Å²) in [5, 5.41) is 0. The summed E-state index contributed by atoms with van der Waals surface area (Å²) in [5.74, 6) is -0.0387. The molecular formula is C24H29N3O4. The summed E-state index contributed by atoms with van der Waals surface area (Å²) in [5.41, 5.74) is 0.329. The van der Waals surface area contributed by atoms with Crippen LogP contribution < -0.4 is 4.74 Å². The Morgan fingerprint density at radius 3 is 2.87 bits per heavy atom. The number of nitrogens with zero attached hydrogens (tertiary/aromatic N) is 3. The van der Waals surface area contributed by atoms with Crippen molar-refractivity contribution in [3.63, 3.8) is 0 Å². The standard InChI is InChI=1S/C24H29N3O4/c1-3-9-25-10-12-26(13-11-25)22(28)20-19-7-8-24(31-19)16-27(23(29)21(20)24)15-17-5-4-6-18(14-17)30-2/h3-8,14,19-21H,1,9-13,15-16H2,2H3/t19-,20-,21+,24-/m0/s1. The number of carbonyl (C=O) groups is 2. The third kappa shape index (κ3) is 3.36. The van der Waals surface area contributed by atoms with Gasteiger partial charge in [0.1, 0.15) is 11.4 Å². The molecule has 4 heterocycles. The summed E-state index contributed by atoms with van der Waals surface area (Å²) >= 11 is 0. The third-order valence-corrected chi connectivity index (χ3v) is 7.04. The summed E-state index contributed by atoms with van der Waals surface area (Å²) in [6.45, 7) is 8.62. The van der Waals surface area contributed by atoms with Crippen molar-refractivity contribution in [3.05, 3.63) is 54.6 Å². The number of piperazine rings is 1. The molecule has 1 aromatic carbocycles. The zero-order chi connectivity index (χ0) is 21.6. The van der Waals surface area contributed by atoms with Crippen LogP contribution >= 0.6 is 0 Å². The molecule has 5 rings (SSSR count). The van der Waals surface area contributed by atoms with E-state index < -0.39 is 17.4 Å². The number of methoxy groups -OCH3 is 1. The van der Waals surface area contributed by atoms with Gasteiger partial charge in [-0.3, -0.25) is 14.5 Å². The molecule has 164 valence electrons. The zero-order valence-corrected chi connectivity index (χ0v) is 17.9. The average Bonchev–Trinajstić information content (AvgIpc) is 3.42. The van der Waals surface area contributed by atoms with Gasteiger partial charge in [0, 0.05) is 39.3 Å². The zero-order valence-electron chi connectivity index (χ0n) is 17.9. The molecule has 2 amide bonds. The molecule has 3 saturated heterocycles. The number of fused-ring (bicyclic) bond motifs is 1. The lowest BCUT2D eigenvalue weighted by atomic mass is 9.76. The molecule has 1 aromatic rings. The van der Waals surface area contributed by atoms with Crippen molar-refractivity contribution in [2.75, 3.05) is 46.4 Å². The maximum absolute atomic E-state index is 13.5. The second-order valence-corrected chi connectivity index (χ2v) is 8.86. The smallest absolute Gasteiger partial charge is 0.230 e. The Morgan fingerprint density at radius 1 is 1.32 bits per heavy atom. The molecule has 0 saturated carbocycles. The van der Waals surface area contributed by atoms with E-state index in [1.54, 1.807) is 7.11 Å². The number of benzene rings is 1. The molecule has 0 unspecified atom stereocenters. The molecule has 2 bridgehead atoms. The molecular weight excluding hydrogens is 394 g/mol. The van der Waals surface area contributed by atoms with Gasteiger partial charge in [-0.2, -0.15) is 0 Å². The van der Waals surface area contributed by atoms with E-state index in [0.29, 0.717) is 26.2 Å². The van der Waals surface area contributed by atoms with E-state index in [0.717, 1.165) is 30.9 Å². The fourth-order valence-electron chi connectivity index (χ4n) is 5.53. The molecule has 0 radical (unpaired) electrons. The molecule has 0 N–H and O–H groups in total. The van der Waals surface area contributed by atoms with Crippen molar-refractivity contribution in [2.45, 2.75) is 18.2 Å². The molecule has 1 spiro atoms. The lowest BCUT2D eigenvalue weighted by molar-refractivity contribution is -0.144. The fourth-order valence-corrected chi connectivity index (χ4v) is 5.53. The molecule has 0 aromatic heterocycles. The quantitative estimate of drug-likeness (QED) is 0.646. The first-order valence-electron chi connectivity index (χ1n) is 11.0. The third-order valence-electron chi connectivity index (χ3n) is 7.04. The number of ether oxygens (including phenoxy) is 2. The van der Waals surface area contributed by atoms with Gasteiger partial charge in [0.05, 0.1) is 31.6 Å². The van der Waals surface area contributed by atoms with Gasteiger partial charge < -0.3 is 19.3 Å². The number of hydrogen-bond acceptors (Lipinski definition) is 5. The number of likely N-dealkylation sites (tertiary alicyclic amines) is 1. The largest absolute Gasteiger partial charge is 0.497 e. The maximum atomic E-state index is 13.5. The van der Waals surface area contributed by atoms with Crippen LogP contribution in [0.2, 0.25) is 0 Å². The Kier molecular flexibility index (Phi) is 5.10. The highest BCUT2D eigenvalue weighted by atomic mass is 16.5. The highest BCUT2D eigenvalue weighted by molar-refractivity contribution is 5.93. The van der Waals surface area contributed by atoms with Gasteiger partial charge >= 0.3 is 0 Å². The Bertz CT molecular complexity index is 923.